The molecule has 0 heterocycles. The van der Waals surface area contributed by atoms with Crippen LogP contribution < -0.4 is 14.2 Å². The van der Waals surface area contributed by atoms with Gasteiger partial charge < -0.3 is 24.1 Å². The zero-order valence-electron chi connectivity index (χ0n) is 16.8. The second-order valence-corrected chi connectivity index (χ2v) is 6.83. The fourth-order valence-electron chi connectivity index (χ4n) is 3.32. The molecule has 0 fully saturated rings. The Morgan fingerprint density at radius 3 is 1.63 bits per heavy atom. The van der Waals surface area contributed by atoms with Crippen molar-refractivity contribution in [1.82, 2.24) is 0 Å². The summed E-state index contributed by atoms with van der Waals surface area (Å²) in [6, 6.07) is 23.4. The van der Waals surface area contributed by atoms with Crippen molar-refractivity contribution in [3.05, 3.63) is 72.8 Å². The Bertz CT molecular complexity index is 1140. The molecule has 4 aromatic carbocycles. The fraction of sp³-hybridized carbons (Fsp3) is 0.200. The molecule has 4 aromatic rings. The highest BCUT2D eigenvalue weighted by molar-refractivity contribution is 5.86. The molecule has 30 heavy (non-hydrogen) atoms. The zero-order chi connectivity index (χ0) is 20.8. The maximum absolute atomic E-state index is 10.1. The van der Waals surface area contributed by atoms with Gasteiger partial charge in [0.15, 0.2) is 23.0 Å². The van der Waals surface area contributed by atoms with E-state index in [2.05, 4.69) is 0 Å². The van der Waals surface area contributed by atoms with E-state index in [9.17, 15) is 5.11 Å². The van der Waals surface area contributed by atoms with Crippen LogP contribution in [-0.4, -0.2) is 38.6 Å². The molecule has 0 saturated heterocycles. The molecule has 0 aliphatic heterocycles. The minimum atomic E-state index is 0.125. The third-order valence-electron chi connectivity index (χ3n) is 4.83. The summed E-state index contributed by atoms with van der Waals surface area (Å²) < 4.78 is 22.5. The van der Waals surface area contributed by atoms with Crippen molar-refractivity contribution in [1.29, 1.82) is 0 Å². The second kappa shape index (κ2) is 9.37. The SMILES string of the molecule is COc1cc2ccccc2cc1OCCOCCOc1cc2ccccc2cc1O. The molecule has 5 nitrogen and oxygen atoms in total. The van der Waals surface area contributed by atoms with Crippen molar-refractivity contribution >= 4 is 21.5 Å². The van der Waals surface area contributed by atoms with Gasteiger partial charge in [-0.15, -0.1) is 0 Å². The number of methoxy groups -OCH3 is 1. The van der Waals surface area contributed by atoms with E-state index in [1.807, 2.05) is 66.7 Å². The summed E-state index contributed by atoms with van der Waals surface area (Å²) in [4.78, 5) is 0. The lowest BCUT2D eigenvalue weighted by atomic mass is 10.1. The summed E-state index contributed by atoms with van der Waals surface area (Å²) in [5, 5.41) is 14.3. The van der Waals surface area contributed by atoms with Gasteiger partial charge in [0.1, 0.15) is 13.2 Å². The number of hydrogen-bond donors (Lipinski definition) is 1. The largest absolute Gasteiger partial charge is 0.504 e. The minimum Gasteiger partial charge on any atom is -0.504 e. The summed E-state index contributed by atoms with van der Waals surface area (Å²) in [6.45, 7) is 1.55. The van der Waals surface area contributed by atoms with Gasteiger partial charge in [-0.25, -0.2) is 0 Å². The van der Waals surface area contributed by atoms with E-state index in [-0.39, 0.29) is 5.75 Å². The summed E-state index contributed by atoms with van der Waals surface area (Å²) in [5.74, 6) is 1.97. The van der Waals surface area contributed by atoms with E-state index in [1.54, 1.807) is 13.2 Å². The number of aromatic hydroxyl groups is 1. The van der Waals surface area contributed by atoms with Crippen LogP contribution in [0.4, 0.5) is 0 Å². The average molecular weight is 404 g/mol. The number of phenols is 1. The van der Waals surface area contributed by atoms with Gasteiger partial charge in [0, 0.05) is 0 Å². The third kappa shape index (κ3) is 4.58. The summed E-state index contributed by atoms with van der Waals surface area (Å²) in [7, 11) is 1.63. The Balaban J connectivity index is 1.23. The number of ether oxygens (including phenoxy) is 4. The van der Waals surface area contributed by atoms with Crippen LogP contribution in [0.1, 0.15) is 0 Å². The van der Waals surface area contributed by atoms with Gasteiger partial charge in [0.05, 0.1) is 20.3 Å². The van der Waals surface area contributed by atoms with Gasteiger partial charge in [0.2, 0.25) is 0 Å². The summed E-state index contributed by atoms with van der Waals surface area (Å²) in [6.07, 6.45) is 0. The first-order valence-corrected chi connectivity index (χ1v) is 9.86. The number of benzene rings is 4. The van der Waals surface area contributed by atoms with Crippen molar-refractivity contribution < 1.29 is 24.1 Å². The van der Waals surface area contributed by atoms with Crippen LogP contribution in [-0.2, 0) is 4.74 Å². The molecule has 0 unspecified atom stereocenters. The van der Waals surface area contributed by atoms with E-state index in [4.69, 9.17) is 18.9 Å². The molecule has 0 saturated carbocycles. The predicted octanol–water partition coefficient (Wildman–Crippen LogP) is 5.18. The molecule has 5 heteroatoms. The van der Waals surface area contributed by atoms with Crippen molar-refractivity contribution in [2.75, 3.05) is 33.5 Å². The average Bonchev–Trinajstić information content (AvgIpc) is 2.78. The topological polar surface area (TPSA) is 57.2 Å². The monoisotopic (exact) mass is 404 g/mol. The van der Waals surface area contributed by atoms with Crippen LogP contribution in [0.25, 0.3) is 21.5 Å². The Kier molecular flexibility index (Phi) is 6.20. The molecule has 0 aliphatic rings. The van der Waals surface area contributed by atoms with Crippen LogP contribution in [0.15, 0.2) is 72.8 Å². The van der Waals surface area contributed by atoms with Gasteiger partial charge in [-0.05, 0) is 45.8 Å². The molecular formula is C25H24O5. The molecular weight excluding hydrogens is 380 g/mol. The maximum Gasteiger partial charge on any atom is 0.161 e. The molecule has 0 bridgehead atoms. The van der Waals surface area contributed by atoms with E-state index in [1.165, 1.54) is 0 Å². The quantitative estimate of drug-likeness (QED) is 0.390. The smallest absolute Gasteiger partial charge is 0.161 e. The fourth-order valence-corrected chi connectivity index (χ4v) is 3.32. The van der Waals surface area contributed by atoms with Gasteiger partial charge in [-0.1, -0.05) is 48.5 Å². The van der Waals surface area contributed by atoms with E-state index < -0.39 is 0 Å². The standard InChI is InChI=1S/C25H24O5/c1-27-24-16-20-8-4-5-9-21(20)17-25(24)30-13-11-28-10-12-29-23-15-19-7-3-2-6-18(19)14-22(23)26/h2-9,14-17,26H,10-13H2,1H3. The molecule has 0 aliphatic carbocycles. The lowest BCUT2D eigenvalue weighted by Gasteiger charge is -2.13. The Morgan fingerprint density at radius 1 is 0.600 bits per heavy atom. The second-order valence-electron chi connectivity index (χ2n) is 6.83. The van der Waals surface area contributed by atoms with Gasteiger partial charge in [-0.3, -0.25) is 0 Å². The Hall–Kier alpha value is -3.44. The highest BCUT2D eigenvalue weighted by atomic mass is 16.6. The molecule has 0 aromatic heterocycles. The lowest BCUT2D eigenvalue weighted by molar-refractivity contribution is 0.0751. The van der Waals surface area contributed by atoms with Gasteiger partial charge in [0.25, 0.3) is 0 Å². The van der Waals surface area contributed by atoms with Crippen LogP contribution in [0.2, 0.25) is 0 Å². The van der Waals surface area contributed by atoms with Crippen LogP contribution in [0.3, 0.4) is 0 Å². The van der Waals surface area contributed by atoms with Crippen LogP contribution >= 0.6 is 0 Å². The maximum atomic E-state index is 10.1. The first-order chi connectivity index (χ1) is 14.7. The summed E-state index contributed by atoms with van der Waals surface area (Å²) >= 11 is 0. The molecule has 154 valence electrons. The number of fused-ring (bicyclic) bond motifs is 2. The Labute approximate surface area is 175 Å². The predicted molar refractivity (Wildman–Crippen MR) is 118 cm³/mol. The van der Waals surface area contributed by atoms with E-state index in [0.717, 1.165) is 21.5 Å². The van der Waals surface area contributed by atoms with E-state index >= 15 is 0 Å². The van der Waals surface area contributed by atoms with Crippen LogP contribution in [0, 0.1) is 0 Å². The first-order valence-electron chi connectivity index (χ1n) is 9.86. The third-order valence-corrected chi connectivity index (χ3v) is 4.83. The van der Waals surface area contributed by atoms with Gasteiger partial charge in [-0.2, -0.15) is 0 Å². The van der Waals surface area contributed by atoms with Crippen LogP contribution in [0.5, 0.6) is 23.0 Å². The van der Waals surface area contributed by atoms with E-state index in [0.29, 0.717) is 43.7 Å². The van der Waals surface area contributed by atoms with Crippen molar-refractivity contribution in [2.45, 2.75) is 0 Å². The van der Waals surface area contributed by atoms with Crippen molar-refractivity contribution in [3.8, 4) is 23.0 Å². The van der Waals surface area contributed by atoms with Crippen molar-refractivity contribution in [2.24, 2.45) is 0 Å². The number of rotatable bonds is 9. The lowest BCUT2D eigenvalue weighted by Crippen LogP contribution is -2.12. The van der Waals surface area contributed by atoms with Crippen molar-refractivity contribution in [3.63, 3.8) is 0 Å². The molecule has 0 spiro atoms. The number of phenolic OH excluding ortho intramolecular Hbond substituents is 1. The first kappa shape index (κ1) is 19.9. The highest BCUT2D eigenvalue weighted by Crippen LogP contribution is 2.32. The summed E-state index contributed by atoms with van der Waals surface area (Å²) in [5.41, 5.74) is 0. The normalized spacial score (nSPS) is 11.0. The Morgan fingerprint density at radius 2 is 1.07 bits per heavy atom. The van der Waals surface area contributed by atoms with Gasteiger partial charge >= 0.3 is 0 Å². The molecule has 0 amide bonds. The molecule has 1 N–H and O–H groups in total. The zero-order valence-corrected chi connectivity index (χ0v) is 16.8. The number of hydrogen-bond acceptors (Lipinski definition) is 5. The highest BCUT2D eigenvalue weighted by Gasteiger charge is 2.07. The minimum absolute atomic E-state index is 0.125. The molecule has 0 atom stereocenters. The molecule has 0 radical (unpaired) electrons. The molecule has 4 rings (SSSR count).